The zero-order valence-corrected chi connectivity index (χ0v) is 10.5. The monoisotopic (exact) mass is 248 g/mol. The summed E-state index contributed by atoms with van der Waals surface area (Å²) in [6, 6.07) is 8.11. The third-order valence-corrected chi connectivity index (χ3v) is 4.39. The highest BCUT2D eigenvalue weighted by atomic mass is 32.1. The van der Waals surface area contributed by atoms with Crippen molar-refractivity contribution in [3.05, 3.63) is 24.3 Å². The molecular formula is C13H16N2OS. The molecule has 0 aliphatic heterocycles. The fourth-order valence-electron chi connectivity index (χ4n) is 2.40. The molecule has 4 heteroatoms. The molecule has 90 valence electrons. The van der Waals surface area contributed by atoms with Crippen LogP contribution in [-0.2, 0) is 0 Å². The third-order valence-electron chi connectivity index (χ3n) is 3.40. The van der Waals surface area contributed by atoms with E-state index in [0.29, 0.717) is 6.54 Å². The highest BCUT2D eigenvalue weighted by molar-refractivity contribution is 7.22. The van der Waals surface area contributed by atoms with Crippen molar-refractivity contribution in [2.75, 3.05) is 11.9 Å². The maximum absolute atomic E-state index is 10.2. The number of nitrogens with one attached hydrogen (secondary N) is 1. The Morgan fingerprint density at radius 3 is 2.82 bits per heavy atom. The molecule has 0 bridgehead atoms. The Morgan fingerprint density at radius 2 is 2.06 bits per heavy atom. The van der Waals surface area contributed by atoms with Crippen LogP contribution in [0, 0.1) is 0 Å². The molecule has 0 radical (unpaired) electrons. The first-order valence-corrected chi connectivity index (χ1v) is 6.89. The van der Waals surface area contributed by atoms with E-state index < -0.39 is 5.60 Å². The van der Waals surface area contributed by atoms with E-state index in [2.05, 4.69) is 16.4 Å². The molecular weight excluding hydrogens is 232 g/mol. The number of para-hydroxylation sites is 1. The Bertz CT molecular complexity index is 484. The van der Waals surface area contributed by atoms with Gasteiger partial charge >= 0.3 is 0 Å². The molecule has 17 heavy (non-hydrogen) atoms. The second kappa shape index (κ2) is 4.27. The van der Waals surface area contributed by atoms with Crippen molar-refractivity contribution in [1.82, 2.24) is 4.98 Å². The van der Waals surface area contributed by atoms with Gasteiger partial charge in [-0.05, 0) is 25.0 Å². The molecule has 1 heterocycles. The maximum Gasteiger partial charge on any atom is 0.183 e. The van der Waals surface area contributed by atoms with Gasteiger partial charge in [0.05, 0.1) is 15.8 Å². The highest BCUT2D eigenvalue weighted by Gasteiger charge is 2.30. The van der Waals surface area contributed by atoms with Crippen LogP contribution in [0.1, 0.15) is 25.7 Å². The lowest BCUT2D eigenvalue weighted by atomic mass is 10.0. The third kappa shape index (κ3) is 2.28. The lowest BCUT2D eigenvalue weighted by Gasteiger charge is -2.21. The minimum Gasteiger partial charge on any atom is -0.388 e. The number of aliphatic hydroxyl groups is 1. The molecule has 0 unspecified atom stereocenters. The topological polar surface area (TPSA) is 45.1 Å². The fourth-order valence-corrected chi connectivity index (χ4v) is 3.26. The minimum atomic E-state index is -0.516. The molecule has 0 saturated heterocycles. The van der Waals surface area contributed by atoms with Crippen molar-refractivity contribution < 1.29 is 5.11 Å². The number of nitrogens with zero attached hydrogens (tertiary/aromatic N) is 1. The number of hydrogen-bond acceptors (Lipinski definition) is 4. The summed E-state index contributed by atoms with van der Waals surface area (Å²) in [5, 5.41) is 14.4. The van der Waals surface area contributed by atoms with Crippen LogP contribution in [-0.4, -0.2) is 22.2 Å². The van der Waals surface area contributed by atoms with Crippen LogP contribution in [0.3, 0.4) is 0 Å². The number of rotatable bonds is 3. The Labute approximate surface area is 105 Å². The number of thiazole rings is 1. The van der Waals surface area contributed by atoms with Gasteiger partial charge in [-0.25, -0.2) is 4.98 Å². The van der Waals surface area contributed by atoms with Gasteiger partial charge < -0.3 is 10.4 Å². The van der Waals surface area contributed by atoms with Crippen LogP contribution in [0.15, 0.2) is 24.3 Å². The number of aromatic nitrogens is 1. The zero-order valence-electron chi connectivity index (χ0n) is 9.65. The Hall–Kier alpha value is -1.13. The van der Waals surface area contributed by atoms with E-state index in [0.717, 1.165) is 36.3 Å². The van der Waals surface area contributed by atoms with Crippen LogP contribution in [0.4, 0.5) is 5.13 Å². The number of benzene rings is 1. The standard InChI is InChI=1S/C13H16N2OS/c16-13(7-3-4-8-13)9-14-12-15-10-5-1-2-6-11(10)17-12/h1-2,5-6,16H,3-4,7-9H2,(H,14,15). The zero-order chi connectivity index (χ0) is 11.7. The fraction of sp³-hybridized carbons (Fsp3) is 0.462. The van der Waals surface area contributed by atoms with E-state index in [9.17, 15) is 5.11 Å². The van der Waals surface area contributed by atoms with Crippen molar-refractivity contribution >= 4 is 26.7 Å². The molecule has 1 aliphatic carbocycles. The first kappa shape index (κ1) is 11.0. The Balaban J connectivity index is 1.72. The van der Waals surface area contributed by atoms with Gasteiger partial charge in [-0.3, -0.25) is 0 Å². The predicted octanol–water partition coefficient (Wildman–Crippen LogP) is 3.01. The normalized spacial score (nSPS) is 18.6. The second-order valence-corrected chi connectivity index (χ2v) is 5.80. The Morgan fingerprint density at radius 1 is 1.29 bits per heavy atom. The molecule has 3 rings (SSSR count). The maximum atomic E-state index is 10.2. The van der Waals surface area contributed by atoms with Crippen LogP contribution >= 0.6 is 11.3 Å². The van der Waals surface area contributed by atoms with Crippen LogP contribution < -0.4 is 5.32 Å². The average molecular weight is 248 g/mol. The summed E-state index contributed by atoms with van der Waals surface area (Å²) in [5.74, 6) is 0. The number of fused-ring (bicyclic) bond motifs is 1. The van der Waals surface area contributed by atoms with E-state index in [1.807, 2.05) is 18.2 Å². The molecule has 1 fully saturated rings. The van der Waals surface area contributed by atoms with E-state index in [1.54, 1.807) is 11.3 Å². The largest absolute Gasteiger partial charge is 0.388 e. The lowest BCUT2D eigenvalue weighted by Crippen LogP contribution is -2.33. The summed E-state index contributed by atoms with van der Waals surface area (Å²) in [6.45, 7) is 0.618. The number of hydrogen-bond donors (Lipinski definition) is 2. The summed E-state index contributed by atoms with van der Waals surface area (Å²) in [6.07, 6.45) is 4.09. The molecule has 2 aromatic rings. The van der Waals surface area contributed by atoms with Crippen LogP contribution in [0.5, 0.6) is 0 Å². The Kier molecular flexibility index (Phi) is 2.76. The minimum absolute atomic E-state index is 0.516. The summed E-state index contributed by atoms with van der Waals surface area (Å²) >= 11 is 1.65. The molecule has 0 amide bonds. The molecule has 1 saturated carbocycles. The molecule has 2 N–H and O–H groups in total. The van der Waals surface area contributed by atoms with Crippen LogP contribution in [0.25, 0.3) is 10.2 Å². The first-order chi connectivity index (χ1) is 8.25. The molecule has 1 aliphatic rings. The van der Waals surface area contributed by atoms with Crippen molar-refractivity contribution in [1.29, 1.82) is 0 Å². The summed E-state index contributed by atoms with van der Waals surface area (Å²) in [7, 11) is 0. The van der Waals surface area contributed by atoms with Gasteiger partial charge in [-0.15, -0.1) is 0 Å². The van der Waals surface area contributed by atoms with E-state index in [-0.39, 0.29) is 0 Å². The highest BCUT2D eigenvalue weighted by Crippen LogP contribution is 2.31. The summed E-state index contributed by atoms with van der Waals surface area (Å²) in [4.78, 5) is 4.50. The van der Waals surface area contributed by atoms with E-state index >= 15 is 0 Å². The molecule has 1 aromatic heterocycles. The average Bonchev–Trinajstić information content (AvgIpc) is 2.93. The van der Waals surface area contributed by atoms with Gasteiger partial charge in [0.25, 0.3) is 0 Å². The second-order valence-electron chi connectivity index (χ2n) is 4.77. The van der Waals surface area contributed by atoms with E-state index in [4.69, 9.17) is 0 Å². The van der Waals surface area contributed by atoms with Gasteiger partial charge in [0.1, 0.15) is 0 Å². The van der Waals surface area contributed by atoms with Gasteiger partial charge in [-0.2, -0.15) is 0 Å². The lowest BCUT2D eigenvalue weighted by molar-refractivity contribution is 0.0615. The molecule has 0 atom stereocenters. The van der Waals surface area contributed by atoms with Crippen LogP contribution in [0.2, 0.25) is 0 Å². The summed E-state index contributed by atoms with van der Waals surface area (Å²) in [5.41, 5.74) is 0.510. The SMILES string of the molecule is OC1(CNc2nc3ccccc3s2)CCCC1. The van der Waals surface area contributed by atoms with Gasteiger partial charge in [-0.1, -0.05) is 36.3 Å². The van der Waals surface area contributed by atoms with Gasteiger partial charge in [0.2, 0.25) is 0 Å². The number of anilines is 1. The predicted molar refractivity (Wildman–Crippen MR) is 71.5 cm³/mol. The molecule has 0 spiro atoms. The van der Waals surface area contributed by atoms with E-state index in [1.165, 1.54) is 4.70 Å². The quantitative estimate of drug-likeness (QED) is 0.877. The van der Waals surface area contributed by atoms with Crippen molar-refractivity contribution in [2.45, 2.75) is 31.3 Å². The summed E-state index contributed by atoms with van der Waals surface area (Å²) < 4.78 is 1.19. The van der Waals surface area contributed by atoms with Gasteiger partial charge in [0, 0.05) is 6.54 Å². The molecule has 1 aromatic carbocycles. The van der Waals surface area contributed by atoms with Gasteiger partial charge in [0.15, 0.2) is 5.13 Å². The van der Waals surface area contributed by atoms with Crippen molar-refractivity contribution in [2.24, 2.45) is 0 Å². The van der Waals surface area contributed by atoms with Crippen molar-refractivity contribution in [3.63, 3.8) is 0 Å². The molecule has 3 nitrogen and oxygen atoms in total. The smallest absolute Gasteiger partial charge is 0.183 e. The van der Waals surface area contributed by atoms with Crippen molar-refractivity contribution in [3.8, 4) is 0 Å². The first-order valence-electron chi connectivity index (χ1n) is 6.07.